The van der Waals surface area contributed by atoms with Crippen LogP contribution >= 0.6 is 0 Å². The standard InChI is InChI=1S/C27H28FN3O4/c1-27(2,3)35-25(33)16-29-15-24(32)31-14-23-20(12-22(31)26(29)34)19-6-4-5-7-21(19)30(23)13-17-8-10-18(28)11-9-17/h4-11,22H,12-16H2,1-3H3. The quantitative estimate of drug-likeness (QED) is 0.541. The first kappa shape index (κ1) is 23.1. The van der Waals surface area contributed by atoms with E-state index < -0.39 is 17.6 Å². The van der Waals surface area contributed by atoms with E-state index in [1.807, 2.05) is 24.3 Å². The summed E-state index contributed by atoms with van der Waals surface area (Å²) in [4.78, 5) is 41.7. The van der Waals surface area contributed by atoms with E-state index in [1.54, 1.807) is 37.8 Å². The molecule has 3 heterocycles. The van der Waals surface area contributed by atoms with Gasteiger partial charge in [0.05, 0.1) is 6.54 Å². The Morgan fingerprint density at radius 1 is 1.06 bits per heavy atom. The summed E-state index contributed by atoms with van der Waals surface area (Å²) < 4.78 is 20.9. The molecule has 2 aromatic carbocycles. The highest BCUT2D eigenvalue weighted by molar-refractivity contribution is 5.98. The Bertz CT molecular complexity index is 1320. The summed E-state index contributed by atoms with van der Waals surface area (Å²) in [6.07, 6.45) is 0.377. The molecule has 0 N–H and O–H groups in total. The topological polar surface area (TPSA) is 71.8 Å². The number of hydrogen-bond acceptors (Lipinski definition) is 4. The van der Waals surface area contributed by atoms with E-state index in [0.717, 1.165) is 27.7 Å². The van der Waals surface area contributed by atoms with Crippen molar-refractivity contribution in [1.29, 1.82) is 0 Å². The predicted molar refractivity (Wildman–Crippen MR) is 128 cm³/mol. The lowest BCUT2D eigenvalue weighted by Gasteiger charge is -2.42. The van der Waals surface area contributed by atoms with E-state index in [4.69, 9.17) is 4.74 Å². The van der Waals surface area contributed by atoms with Gasteiger partial charge in [0.15, 0.2) is 0 Å². The molecule has 0 radical (unpaired) electrons. The van der Waals surface area contributed by atoms with Crippen LogP contribution in [0.25, 0.3) is 10.9 Å². The summed E-state index contributed by atoms with van der Waals surface area (Å²) in [5.74, 6) is -1.25. The third-order valence-corrected chi connectivity index (χ3v) is 6.53. The Morgan fingerprint density at radius 2 is 1.77 bits per heavy atom. The first-order valence-electron chi connectivity index (χ1n) is 11.7. The largest absolute Gasteiger partial charge is 0.459 e. The lowest BCUT2D eigenvalue weighted by Crippen LogP contribution is -2.62. The smallest absolute Gasteiger partial charge is 0.326 e. The summed E-state index contributed by atoms with van der Waals surface area (Å²) in [5, 5.41) is 1.04. The van der Waals surface area contributed by atoms with E-state index in [-0.39, 0.29) is 30.7 Å². The molecule has 2 amide bonds. The van der Waals surface area contributed by atoms with Crippen LogP contribution in [0.2, 0.25) is 0 Å². The Morgan fingerprint density at radius 3 is 2.49 bits per heavy atom. The second-order valence-electron chi connectivity index (χ2n) is 10.2. The van der Waals surface area contributed by atoms with E-state index in [2.05, 4.69) is 4.57 Å². The molecular formula is C27H28FN3O4. The molecule has 1 fully saturated rings. The molecule has 2 aliphatic rings. The van der Waals surface area contributed by atoms with Crippen LogP contribution in [0, 0.1) is 5.82 Å². The van der Waals surface area contributed by atoms with Gasteiger partial charge in [-0.1, -0.05) is 30.3 Å². The van der Waals surface area contributed by atoms with Gasteiger partial charge in [-0.3, -0.25) is 14.4 Å². The molecule has 1 saturated heterocycles. The molecule has 5 rings (SSSR count). The van der Waals surface area contributed by atoms with Crippen molar-refractivity contribution < 1.29 is 23.5 Å². The molecule has 0 spiro atoms. The molecular weight excluding hydrogens is 449 g/mol. The summed E-state index contributed by atoms with van der Waals surface area (Å²) >= 11 is 0. The van der Waals surface area contributed by atoms with Crippen molar-refractivity contribution in [3.05, 3.63) is 71.2 Å². The second kappa shape index (κ2) is 8.52. The summed E-state index contributed by atoms with van der Waals surface area (Å²) in [6, 6.07) is 13.7. The van der Waals surface area contributed by atoms with Gasteiger partial charge in [0.25, 0.3) is 0 Å². The lowest BCUT2D eigenvalue weighted by atomic mass is 9.94. The van der Waals surface area contributed by atoms with Gasteiger partial charge in [-0.2, -0.15) is 0 Å². The molecule has 182 valence electrons. The van der Waals surface area contributed by atoms with Crippen LogP contribution in [0.15, 0.2) is 48.5 Å². The molecule has 1 aromatic heterocycles. The van der Waals surface area contributed by atoms with Crippen molar-refractivity contribution >= 4 is 28.7 Å². The van der Waals surface area contributed by atoms with E-state index in [9.17, 15) is 18.8 Å². The van der Waals surface area contributed by atoms with E-state index in [1.165, 1.54) is 17.0 Å². The molecule has 2 aliphatic heterocycles. The minimum atomic E-state index is -0.669. The van der Waals surface area contributed by atoms with Crippen LogP contribution in [-0.4, -0.2) is 56.9 Å². The van der Waals surface area contributed by atoms with Crippen LogP contribution in [0.1, 0.15) is 37.6 Å². The number of halogens is 1. The van der Waals surface area contributed by atoms with Gasteiger partial charge in [0, 0.05) is 29.6 Å². The number of nitrogens with zero attached hydrogens (tertiary/aromatic N) is 3. The number of piperazine rings is 1. The molecule has 35 heavy (non-hydrogen) atoms. The third kappa shape index (κ3) is 4.40. The average Bonchev–Trinajstić information content (AvgIpc) is 3.09. The van der Waals surface area contributed by atoms with Gasteiger partial charge in [-0.15, -0.1) is 0 Å². The van der Waals surface area contributed by atoms with Gasteiger partial charge in [-0.05, 0) is 50.1 Å². The maximum atomic E-state index is 13.4. The van der Waals surface area contributed by atoms with Gasteiger partial charge in [0.1, 0.15) is 30.5 Å². The summed E-state index contributed by atoms with van der Waals surface area (Å²) in [6.45, 7) is 5.73. The summed E-state index contributed by atoms with van der Waals surface area (Å²) in [5.41, 5.74) is 3.30. The van der Waals surface area contributed by atoms with E-state index >= 15 is 0 Å². The minimum Gasteiger partial charge on any atom is -0.459 e. The zero-order valence-electron chi connectivity index (χ0n) is 20.1. The molecule has 7 nitrogen and oxygen atoms in total. The third-order valence-electron chi connectivity index (χ3n) is 6.53. The maximum Gasteiger partial charge on any atom is 0.326 e. The molecule has 0 bridgehead atoms. The number of esters is 1. The number of aromatic nitrogens is 1. The number of carbonyl (C=O) groups is 3. The lowest BCUT2D eigenvalue weighted by molar-refractivity contribution is -0.165. The number of carbonyl (C=O) groups excluding carboxylic acids is 3. The zero-order chi connectivity index (χ0) is 24.9. The zero-order valence-corrected chi connectivity index (χ0v) is 20.1. The summed E-state index contributed by atoms with van der Waals surface area (Å²) in [7, 11) is 0. The number of fused-ring (bicyclic) bond motifs is 4. The Balaban J connectivity index is 1.47. The number of benzene rings is 2. The van der Waals surface area contributed by atoms with Crippen LogP contribution in [-0.2, 0) is 38.6 Å². The maximum absolute atomic E-state index is 13.4. The Hall–Kier alpha value is -3.68. The predicted octanol–water partition coefficient (Wildman–Crippen LogP) is 3.27. The van der Waals surface area contributed by atoms with Crippen molar-refractivity contribution in [1.82, 2.24) is 14.4 Å². The van der Waals surface area contributed by atoms with Crippen molar-refractivity contribution in [2.75, 3.05) is 13.1 Å². The van der Waals surface area contributed by atoms with Crippen molar-refractivity contribution in [2.24, 2.45) is 0 Å². The number of para-hydroxylation sites is 1. The number of amides is 2. The number of rotatable bonds is 4. The Kier molecular flexibility index (Phi) is 5.62. The monoisotopic (exact) mass is 477 g/mol. The van der Waals surface area contributed by atoms with Crippen LogP contribution in [0.3, 0.4) is 0 Å². The van der Waals surface area contributed by atoms with Gasteiger partial charge in [0.2, 0.25) is 11.8 Å². The fourth-order valence-electron chi connectivity index (χ4n) is 5.05. The fraction of sp³-hybridized carbons (Fsp3) is 0.370. The van der Waals surface area contributed by atoms with E-state index in [0.29, 0.717) is 19.5 Å². The van der Waals surface area contributed by atoms with Gasteiger partial charge >= 0.3 is 5.97 Å². The van der Waals surface area contributed by atoms with Crippen molar-refractivity contribution in [3.63, 3.8) is 0 Å². The molecule has 0 saturated carbocycles. The number of ether oxygens (including phenoxy) is 1. The SMILES string of the molecule is CC(C)(C)OC(=O)CN1CC(=O)N2Cc3c(c4ccccc4n3Cc3ccc(F)cc3)CC2C1=O. The molecule has 8 heteroatoms. The molecule has 1 unspecified atom stereocenters. The highest BCUT2D eigenvalue weighted by Gasteiger charge is 2.44. The van der Waals surface area contributed by atoms with Crippen LogP contribution < -0.4 is 0 Å². The second-order valence-corrected chi connectivity index (χ2v) is 10.2. The first-order valence-corrected chi connectivity index (χ1v) is 11.7. The highest BCUT2D eigenvalue weighted by atomic mass is 19.1. The average molecular weight is 478 g/mol. The van der Waals surface area contributed by atoms with Gasteiger partial charge in [-0.25, -0.2) is 4.39 Å². The van der Waals surface area contributed by atoms with Crippen LogP contribution in [0.4, 0.5) is 4.39 Å². The molecule has 0 aliphatic carbocycles. The van der Waals surface area contributed by atoms with Crippen molar-refractivity contribution in [2.45, 2.75) is 51.9 Å². The highest BCUT2D eigenvalue weighted by Crippen LogP contribution is 2.35. The fourth-order valence-corrected chi connectivity index (χ4v) is 5.05. The molecule has 1 atom stereocenters. The van der Waals surface area contributed by atoms with Crippen molar-refractivity contribution in [3.8, 4) is 0 Å². The van der Waals surface area contributed by atoms with Gasteiger partial charge < -0.3 is 19.1 Å². The molecule has 3 aromatic rings. The van der Waals surface area contributed by atoms with Crippen LogP contribution in [0.5, 0.6) is 0 Å². The first-order chi connectivity index (χ1) is 16.6. The normalized spacial score (nSPS) is 18.0. The Labute approximate surface area is 203 Å². The number of hydrogen-bond donors (Lipinski definition) is 0. The minimum absolute atomic E-state index is 0.151.